The monoisotopic (exact) mass is 404 g/mol. The largest absolute Gasteiger partial charge is 0.496 e. The summed E-state index contributed by atoms with van der Waals surface area (Å²) in [5.41, 5.74) is 0. The fourth-order valence-corrected chi connectivity index (χ4v) is 45.0. The quantitative estimate of drug-likeness (QED) is 0.680. The molecule has 0 N–H and O–H groups in total. The predicted molar refractivity (Wildman–Crippen MR) is 109 cm³/mol. The van der Waals surface area contributed by atoms with Crippen LogP contribution < -0.4 is 20.1 Å². The topological polar surface area (TPSA) is 18.5 Å². The van der Waals surface area contributed by atoms with Crippen LogP contribution in [0.25, 0.3) is 0 Å². The van der Waals surface area contributed by atoms with Crippen molar-refractivity contribution < 1.29 is 9.47 Å². The molecule has 2 aromatic carbocycles. The lowest BCUT2D eigenvalue weighted by Gasteiger charge is -2.41. The van der Waals surface area contributed by atoms with Crippen molar-refractivity contribution in [1.29, 1.82) is 0 Å². The standard InChI is InChI=1S/C14H14O2P2S4/c1-15-11-7-3-5-9-13(11)17(19)21-18(20,22-17)14-10-6-4-8-12(14)16-2/h3-10H,1-2H3. The van der Waals surface area contributed by atoms with Gasteiger partial charge in [-0.15, -0.1) is 0 Å². The van der Waals surface area contributed by atoms with E-state index in [2.05, 4.69) is 12.1 Å². The maximum absolute atomic E-state index is 5.96. The number of para-hydroxylation sites is 2. The van der Waals surface area contributed by atoms with Crippen LogP contribution in [0.3, 0.4) is 0 Å². The lowest BCUT2D eigenvalue weighted by Crippen LogP contribution is -2.12. The summed E-state index contributed by atoms with van der Waals surface area (Å²) in [6.07, 6.45) is 0. The SMILES string of the molecule is COc1ccccc1P1(=S)SP(=S)(c2ccccc2OC)S1. The molecule has 0 atom stereocenters. The third kappa shape index (κ3) is 2.90. The van der Waals surface area contributed by atoms with Gasteiger partial charge in [-0.1, -0.05) is 69.9 Å². The van der Waals surface area contributed by atoms with E-state index in [1.165, 1.54) is 0 Å². The summed E-state index contributed by atoms with van der Waals surface area (Å²) < 4.78 is 7.38. The summed E-state index contributed by atoms with van der Waals surface area (Å²) in [5, 5.41) is 2.25. The Kier molecular flexibility index (Phi) is 4.99. The Balaban J connectivity index is 1.95. The first-order chi connectivity index (χ1) is 10.5. The molecule has 0 unspecified atom stereocenters. The molecule has 0 amide bonds. The molecule has 3 rings (SSSR count). The summed E-state index contributed by atoms with van der Waals surface area (Å²) in [5.74, 6) is 1.74. The molecule has 0 spiro atoms. The first-order valence-electron chi connectivity index (χ1n) is 6.42. The van der Waals surface area contributed by atoms with Crippen molar-refractivity contribution in [2.45, 2.75) is 0 Å². The summed E-state index contributed by atoms with van der Waals surface area (Å²) in [4.78, 5) is 0. The van der Waals surface area contributed by atoms with Crippen molar-refractivity contribution in [3.63, 3.8) is 0 Å². The fraction of sp³-hybridized carbons (Fsp3) is 0.143. The molecule has 1 aliphatic rings. The van der Waals surface area contributed by atoms with Crippen LogP contribution in [0.2, 0.25) is 0 Å². The molecule has 2 nitrogen and oxygen atoms in total. The van der Waals surface area contributed by atoms with Gasteiger partial charge in [-0.2, -0.15) is 0 Å². The number of methoxy groups -OCH3 is 2. The molecular formula is C14H14O2P2S4. The molecule has 0 aliphatic carbocycles. The van der Waals surface area contributed by atoms with Crippen molar-refractivity contribution in [3.05, 3.63) is 48.5 Å². The van der Waals surface area contributed by atoms with E-state index in [1.807, 2.05) is 36.4 Å². The second kappa shape index (κ2) is 6.51. The van der Waals surface area contributed by atoms with Gasteiger partial charge in [-0.25, -0.2) is 0 Å². The first-order valence-corrected chi connectivity index (χ1v) is 16.1. The molecule has 8 heteroatoms. The van der Waals surface area contributed by atoms with Gasteiger partial charge in [-0.3, -0.25) is 0 Å². The third-order valence-electron chi connectivity index (χ3n) is 3.19. The highest BCUT2D eigenvalue weighted by atomic mass is 33.7. The number of rotatable bonds is 4. The average Bonchev–Trinajstić information content (AvgIpc) is 2.53. The highest BCUT2D eigenvalue weighted by Crippen LogP contribution is 3.04. The molecule has 0 aromatic heterocycles. The predicted octanol–water partition coefficient (Wildman–Crippen LogP) is 4.75. The fourth-order valence-electron chi connectivity index (χ4n) is 2.18. The van der Waals surface area contributed by atoms with E-state index in [1.54, 1.807) is 36.2 Å². The zero-order valence-electron chi connectivity index (χ0n) is 12.0. The van der Waals surface area contributed by atoms with Gasteiger partial charge >= 0.3 is 0 Å². The van der Waals surface area contributed by atoms with Gasteiger partial charge in [0, 0.05) is 10.6 Å². The Morgan fingerprint density at radius 1 is 0.727 bits per heavy atom. The van der Waals surface area contributed by atoms with Gasteiger partial charge in [0.25, 0.3) is 0 Å². The van der Waals surface area contributed by atoms with Gasteiger partial charge in [0.2, 0.25) is 0 Å². The second-order valence-electron chi connectivity index (χ2n) is 4.50. The molecule has 1 heterocycles. The average molecular weight is 404 g/mol. The Bertz CT molecular complexity index is 729. The number of benzene rings is 2. The smallest absolute Gasteiger partial charge is 0.128 e. The summed E-state index contributed by atoms with van der Waals surface area (Å²) in [6.45, 7) is 0. The molecule has 0 radical (unpaired) electrons. The molecular weight excluding hydrogens is 390 g/mol. The van der Waals surface area contributed by atoms with E-state index < -0.39 is 8.88 Å². The number of hydrogen-bond donors (Lipinski definition) is 0. The first kappa shape index (κ1) is 16.9. The van der Waals surface area contributed by atoms with Crippen LogP contribution in [-0.4, -0.2) is 14.2 Å². The van der Waals surface area contributed by atoms with Crippen molar-refractivity contribution in [2.24, 2.45) is 0 Å². The van der Waals surface area contributed by atoms with E-state index in [4.69, 9.17) is 33.1 Å². The van der Waals surface area contributed by atoms with Crippen LogP contribution in [-0.2, 0) is 23.6 Å². The second-order valence-corrected chi connectivity index (χ2v) is 25.7. The van der Waals surface area contributed by atoms with Gasteiger partial charge in [0.15, 0.2) is 0 Å². The number of ether oxygens (including phenoxy) is 2. The normalized spacial score (nSPS) is 27.0. The molecule has 1 aliphatic heterocycles. The Labute approximate surface area is 148 Å². The third-order valence-corrected chi connectivity index (χ3v) is 34.2. The van der Waals surface area contributed by atoms with Crippen LogP contribution in [0, 0.1) is 0 Å². The van der Waals surface area contributed by atoms with Crippen molar-refractivity contribution in [3.8, 4) is 11.5 Å². The molecule has 22 heavy (non-hydrogen) atoms. The molecule has 2 aromatic rings. The van der Waals surface area contributed by atoms with E-state index in [-0.39, 0.29) is 0 Å². The van der Waals surface area contributed by atoms with Crippen molar-refractivity contribution in [1.82, 2.24) is 0 Å². The lowest BCUT2D eigenvalue weighted by molar-refractivity contribution is 0.418. The minimum absolute atomic E-state index is 0.868. The van der Waals surface area contributed by atoms with Gasteiger partial charge in [0.05, 0.1) is 14.2 Å². The van der Waals surface area contributed by atoms with Gasteiger partial charge in [0.1, 0.15) is 20.4 Å². The summed E-state index contributed by atoms with van der Waals surface area (Å²) in [6, 6.07) is 16.0. The zero-order chi connectivity index (χ0) is 15.8. The lowest BCUT2D eigenvalue weighted by atomic mass is 10.3. The van der Waals surface area contributed by atoms with Crippen LogP contribution in [0.5, 0.6) is 11.5 Å². The van der Waals surface area contributed by atoms with Crippen LogP contribution in [0.4, 0.5) is 0 Å². The maximum Gasteiger partial charge on any atom is 0.128 e. The van der Waals surface area contributed by atoms with Gasteiger partial charge < -0.3 is 9.47 Å². The maximum atomic E-state index is 5.96. The van der Waals surface area contributed by atoms with Crippen LogP contribution >= 0.6 is 30.9 Å². The molecule has 1 fully saturated rings. The minimum Gasteiger partial charge on any atom is -0.496 e. The molecule has 116 valence electrons. The van der Waals surface area contributed by atoms with Crippen molar-refractivity contribution >= 4 is 65.1 Å². The molecule has 0 saturated carbocycles. The highest BCUT2D eigenvalue weighted by molar-refractivity contribution is 9.48. The number of hydrogen-bond acceptors (Lipinski definition) is 6. The van der Waals surface area contributed by atoms with E-state index in [9.17, 15) is 0 Å². The van der Waals surface area contributed by atoms with E-state index >= 15 is 0 Å². The molecule has 0 bridgehead atoms. The molecule has 1 saturated heterocycles. The Morgan fingerprint density at radius 3 is 1.45 bits per heavy atom. The minimum atomic E-state index is -1.79. The van der Waals surface area contributed by atoms with Crippen LogP contribution in [0.1, 0.15) is 0 Å². The zero-order valence-corrected chi connectivity index (χ0v) is 17.0. The summed E-state index contributed by atoms with van der Waals surface area (Å²) >= 11 is 15.5. The van der Waals surface area contributed by atoms with E-state index in [0.717, 1.165) is 22.1 Å². The van der Waals surface area contributed by atoms with E-state index in [0.29, 0.717) is 0 Å². The highest BCUT2D eigenvalue weighted by Gasteiger charge is 2.48. The summed E-state index contributed by atoms with van der Waals surface area (Å²) in [7, 11) is 3.37. The Hall–Kier alpha value is 0.0400. The Morgan fingerprint density at radius 2 is 1.09 bits per heavy atom. The van der Waals surface area contributed by atoms with Gasteiger partial charge in [-0.05, 0) is 24.3 Å². The van der Waals surface area contributed by atoms with Crippen molar-refractivity contribution in [2.75, 3.05) is 14.2 Å². The van der Waals surface area contributed by atoms with Crippen LogP contribution in [0.15, 0.2) is 48.5 Å².